The van der Waals surface area contributed by atoms with Crippen molar-refractivity contribution in [3.8, 4) is 0 Å². The molecule has 0 radical (unpaired) electrons. The van der Waals surface area contributed by atoms with Gasteiger partial charge in [-0.25, -0.2) is 0 Å². The van der Waals surface area contributed by atoms with Crippen LogP contribution in [0.5, 0.6) is 0 Å². The topological polar surface area (TPSA) is 64.8 Å². The zero-order valence-electron chi connectivity index (χ0n) is 10.2. The summed E-state index contributed by atoms with van der Waals surface area (Å²) in [5.74, 6) is 0.385. The minimum atomic E-state index is -0.599. The quantitative estimate of drug-likeness (QED) is 0.732. The Hall–Kier alpha value is -1.07. The van der Waals surface area contributed by atoms with Crippen LogP contribution in [0.25, 0.3) is 0 Å². The van der Waals surface area contributed by atoms with E-state index in [2.05, 4.69) is 18.4 Å². The highest BCUT2D eigenvalue weighted by molar-refractivity contribution is 5.73. The number of carbonyl (C=O) groups is 1. The fourth-order valence-corrected chi connectivity index (χ4v) is 2.50. The molecule has 0 aromatic heterocycles. The van der Waals surface area contributed by atoms with Crippen molar-refractivity contribution in [3.63, 3.8) is 0 Å². The fourth-order valence-electron chi connectivity index (χ4n) is 2.50. The molecule has 2 aliphatic rings. The predicted molar refractivity (Wildman–Crippen MR) is 63.0 cm³/mol. The normalized spacial score (nSPS) is 37.1. The van der Waals surface area contributed by atoms with Gasteiger partial charge in [-0.3, -0.25) is 15.4 Å². The third kappa shape index (κ3) is 2.61. The minimum Gasteiger partial charge on any atom is -0.475 e. The molecule has 5 nitrogen and oxygen atoms in total. The molecule has 2 unspecified atom stereocenters. The molecular weight excluding hydrogens is 220 g/mol. The lowest BCUT2D eigenvalue weighted by molar-refractivity contribution is -0.170. The summed E-state index contributed by atoms with van der Waals surface area (Å²) in [7, 11) is 0. The Morgan fingerprint density at radius 1 is 1.47 bits per heavy atom. The molecule has 0 aromatic rings. The fraction of sp³-hybridized carbons (Fsp3) is 0.750. The van der Waals surface area contributed by atoms with Gasteiger partial charge < -0.3 is 9.47 Å². The molecule has 2 heterocycles. The molecule has 17 heavy (non-hydrogen) atoms. The van der Waals surface area contributed by atoms with Crippen LogP contribution in [0.3, 0.4) is 0 Å². The van der Waals surface area contributed by atoms with Gasteiger partial charge in [0.25, 0.3) is 0 Å². The minimum absolute atomic E-state index is 0.155. The number of hydrogen-bond acceptors (Lipinski definition) is 5. The maximum absolute atomic E-state index is 11.5. The van der Waals surface area contributed by atoms with Crippen molar-refractivity contribution in [1.29, 1.82) is 0 Å². The van der Waals surface area contributed by atoms with E-state index in [4.69, 9.17) is 15.2 Å². The van der Waals surface area contributed by atoms with Crippen molar-refractivity contribution >= 4 is 5.97 Å². The van der Waals surface area contributed by atoms with E-state index in [1.807, 2.05) is 0 Å². The lowest BCUT2D eigenvalue weighted by atomic mass is 10.00. The van der Waals surface area contributed by atoms with Gasteiger partial charge in [0.1, 0.15) is 5.76 Å². The molecule has 0 amide bonds. The summed E-state index contributed by atoms with van der Waals surface area (Å²) in [6.07, 6.45) is 2.20. The summed E-state index contributed by atoms with van der Waals surface area (Å²) >= 11 is 0. The van der Waals surface area contributed by atoms with Gasteiger partial charge in [0.2, 0.25) is 0 Å². The van der Waals surface area contributed by atoms with Gasteiger partial charge in [-0.2, -0.15) is 0 Å². The van der Waals surface area contributed by atoms with E-state index in [-0.39, 0.29) is 18.1 Å². The molecule has 5 heteroatoms. The molecule has 2 aliphatic heterocycles. The summed E-state index contributed by atoms with van der Waals surface area (Å²) < 4.78 is 10.8. The number of rotatable bonds is 3. The van der Waals surface area contributed by atoms with E-state index in [9.17, 15) is 4.79 Å². The van der Waals surface area contributed by atoms with Crippen LogP contribution in [-0.2, 0) is 14.3 Å². The predicted octanol–water partition coefficient (Wildman–Crippen LogP) is 0.601. The van der Waals surface area contributed by atoms with Crippen LogP contribution >= 0.6 is 0 Å². The Balaban J connectivity index is 2.17. The standard InChI is InChI=1S/C12H20N2O3/c1-3-4-5-9-11-12(13)16-8(2)6-14(9)7-10(15)17-11/h9,11-12H,2-7,13H2,1H3/t9?,11-,12-/m1/s1. The third-order valence-corrected chi connectivity index (χ3v) is 3.31. The molecule has 0 saturated carbocycles. The monoisotopic (exact) mass is 240 g/mol. The highest BCUT2D eigenvalue weighted by Crippen LogP contribution is 2.27. The van der Waals surface area contributed by atoms with Crippen molar-refractivity contribution in [2.24, 2.45) is 5.73 Å². The molecule has 4 atom stereocenters. The Kier molecular flexibility index (Phi) is 3.69. The van der Waals surface area contributed by atoms with Gasteiger partial charge in [0, 0.05) is 0 Å². The molecule has 0 spiro atoms. The van der Waals surface area contributed by atoms with Gasteiger partial charge >= 0.3 is 5.97 Å². The van der Waals surface area contributed by atoms with Crippen molar-refractivity contribution in [2.75, 3.05) is 13.1 Å². The summed E-state index contributed by atoms with van der Waals surface area (Å²) in [6, 6.07) is 0.155. The number of ether oxygens (including phenoxy) is 2. The van der Waals surface area contributed by atoms with Gasteiger partial charge in [-0.15, -0.1) is 0 Å². The number of unbranched alkanes of at least 4 members (excludes halogenated alkanes) is 1. The SMILES string of the molecule is C=C1CN2CC(=O)O[C@H](C2CCCC)[C@H](N)O1. The highest BCUT2D eigenvalue weighted by atomic mass is 16.6. The Morgan fingerprint density at radius 2 is 2.24 bits per heavy atom. The van der Waals surface area contributed by atoms with Crippen LogP contribution in [0, 0.1) is 0 Å². The van der Waals surface area contributed by atoms with Gasteiger partial charge in [0.15, 0.2) is 12.3 Å². The Morgan fingerprint density at radius 3 is 2.94 bits per heavy atom. The second-order valence-electron chi connectivity index (χ2n) is 4.69. The number of carbonyl (C=O) groups excluding carboxylic acids is 1. The number of nitrogens with zero attached hydrogens (tertiary/aromatic N) is 1. The molecule has 2 bridgehead atoms. The highest BCUT2D eigenvalue weighted by Gasteiger charge is 2.43. The van der Waals surface area contributed by atoms with Crippen LogP contribution in [0.2, 0.25) is 0 Å². The zero-order chi connectivity index (χ0) is 12.4. The molecular formula is C12H20N2O3. The molecule has 2 fully saturated rings. The number of hydrogen-bond donors (Lipinski definition) is 1. The van der Waals surface area contributed by atoms with Gasteiger partial charge in [0.05, 0.1) is 19.1 Å². The smallest absolute Gasteiger partial charge is 0.320 e. The molecule has 2 saturated heterocycles. The summed E-state index contributed by atoms with van der Waals surface area (Å²) in [5.41, 5.74) is 5.91. The van der Waals surface area contributed by atoms with E-state index in [1.54, 1.807) is 0 Å². The number of fused-ring (bicyclic) bond motifs is 2. The van der Waals surface area contributed by atoms with Crippen LogP contribution < -0.4 is 5.73 Å². The van der Waals surface area contributed by atoms with Crippen LogP contribution in [-0.4, -0.2) is 42.3 Å². The average molecular weight is 240 g/mol. The molecule has 2 rings (SSSR count). The molecule has 0 aliphatic carbocycles. The lowest BCUT2D eigenvalue weighted by Gasteiger charge is -2.38. The van der Waals surface area contributed by atoms with E-state index >= 15 is 0 Å². The Bertz CT molecular complexity index is 319. The van der Waals surface area contributed by atoms with E-state index in [0.29, 0.717) is 18.8 Å². The van der Waals surface area contributed by atoms with Crippen LogP contribution in [0.15, 0.2) is 12.3 Å². The third-order valence-electron chi connectivity index (χ3n) is 3.31. The summed E-state index contributed by atoms with van der Waals surface area (Å²) in [4.78, 5) is 13.6. The van der Waals surface area contributed by atoms with Crippen molar-refractivity contribution in [1.82, 2.24) is 4.90 Å². The number of morpholine rings is 1. The van der Waals surface area contributed by atoms with Gasteiger partial charge in [-0.05, 0) is 6.42 Å². The lowest BCUT2D eigenvalue weighted by Crippen LogP contribution is -2.57. The van der Waals surface area contributed by atoms with Gasteiger partial charge in [-0.1, -0.05) is 26.3 Å². The van der Waals surface area contributed by atoms with E-state index < -0.39 is 6.23 Å². The van der Waals surface area contributed by atoms with Crippen molar-refractivity contribution in [3.05, 3.63) is 12.3 Å². The van der Waals surface area contributed by atoms with Crippen molar-refractivity contribution in [2.45, 2.75) is 44.6 Å². The van der Waals surface area contributed by atoms with E-state index in [1.165, 1.54) is 0 Å². The maximum Gasteiger partial charge on any atom is 0.320 e. The van der Waals surface area contributed by atoms with Crippen molar-refractivity contribution < 1.29 is 14.3 Å². The summed E-state index contributed by atoms with van der Waals surface area (Å²) in [6.45, 7) is 6.82. The first kappa shape index (κ1) is 12.4. The maximum atomic E-state index is 11.5. The number of esters is 1. The number of nitrogens with two attached hydrogens (primary N) is 1. The second kappa shape index (κ2) is 5.06. The molecule has 0 aromatic carbocycles. The van der Waals surface area contributed by atoms with Crippen LogP contribution in [0.1, 0.15) is 26.2 Å². The summed E-state index contributed by atoms with van der Waals surface area (Å²) in [5, 5.41) is 0. The molecule has 96 valence electrons. The molecule has 2 N–H and O–H groups in total. The van der Waals surface area contributed by atoms with Crippen LogP contribution in [0.4, 0.5) is 0 Å². The zero-order valence-corrected chi connectivity index (χ0v) is 10.2. The first-order chi connectivity index (χ1) is 8.11. The first-order valence-electron chi connectivity index (χ1n) is 6.15. The largest absolute Gasteiger partial charge is 0.475 e. The second-order valence-corrected chi connectivity index (χ2v) is 4.69. The Labute approximate surface area is 102 Å². The first-order valence-corrected chi connectivity index (χ1v) is 6.15. The average Bonchev–Trinajstić information content (AvgIpc) is 2.31. The van der Waals surface area contributed by atoms with E-state index in [0.717, 1.165) is 19.3 Å².